The van der Waals surface area contributed by atoms with Gasteiger partial charge in [0.1, 0.15) is 0 Å². The molecule has 1 aliphatic rings. The molecule has 0 saturated carbocycles. The summed E-state index contributed by atoms with van der Waals surface area (Å²) in [5.41, 5.74) is 4.34. The van der Waals surface area contributed by atoms with Crippen LogP contribution in [0.15, 0.2) is 18.3 Å². The molecule has 1 fully saturated rings. The number of likely N-dealkylation sites (tertiary alicyclic amines) is 1. The minimum Gasteiger partial charge on any atom is -0.369 e. The fourth-order valence-corrected chi connectivity index (χ4v) is 1.91. The standard InChI is InChI=1S/C11H12F3N3O/c12-11(13,14)8-2-1-3-16-9(8)6-17-4-7(5-17)10(15)18/h1-3,7H,4-6H2,(H2,15,18). The number of hydrogen-bond donors (Lipinski definition) is 1. The molecule has 1 aromatic rings. The number of nitrogens with zero attached hydrogens (tertiary/aromatic N) is 2. The second-order valence-corrected chi connectivity index (χ2v) is 4.29. The Morgan fingerprint density at radius 3 is 2.72 bits per heavy atom. The van der Waals surface area contributed by atoms with E-state index in [-0.39, 0.29) is 18.2 Å². The van der Waals surface area contributed by atoms with Crippen LogP contribution in [-0.4, -0.2) is 28.9 Å². The van der Waals surface area contributed by atoms with Crippen LogP contribution >= 0.6 is 0 Å². The number of rotatable bonds is 3. The molecule has 1 aliphatic heterocycles. The zero-order valence-electron chi connectivity index (χ0n) is 9.44. The summed E-state index contributed by atoms with van der Waals surface area (Å²) in [6.07, 6.45) is -3.08. The Balaban J connectivity index is 2.05. The van der Waals surface area contributed by atoms with E-state index in [1.165, 1.54) is 12.3 Å². The maximum atomic E-state index is 12.7. The number of carbonyl (C=O) groups excluding carboxylic acids is 1. The van der Waals surface area contributed by atoms with Crippen molar-refractivity contribution in [2.75, 3.05) is 13.1 Å². The fraction of sp³-hybridized carbons (Fsp3) is 0.455. The van der Waals surface area contributed by atoms with E-state index in [0.717, 1.165) is 6.07 Å². The summed E-state index contributed by atoms with van der Waals surface area (Å²) >= 11 is 0. The highest BCUT2D eigenvalue weighted by Crippen LogP contribution is 2.32. The molecule has 1 saturated heterocycles. The average Bonchev–Trinajstić information content (AvgIpc) is 2.21. The second kappa shape index (κ2) is 4.56. The lowest BCUT2D eigenvalue weighted by molar-refractivity contribution is -0.139. The van der Waals surface area contributed by atoms with Crippen molar-refractivity contribution in [3.05, 3.63) is 29.6 Å². The van der Waals surface area contributed by atoms with Crippen LogP contribution in [0.1, 0.15) is 11.3 Å². The van der Waals surface area contributed by atoms with E-state index in [0.29, 0.717) is 13.1 Å². The van der Waals surface area contributed by atoms with Gasteiger partial charge < -0.3 is 5.73 Å². The van der Waals surface area contributed by atoms with Crippen molar-refractivity contribution in [1.29, 1.82) is 0 Å². The van der Waals surface area contributed by atoms with Gasteiger partial charge in [-0.3, -0.25) is 14.7 Å². The third-order valence-electron chi connectivity index (χ3n) is 2.93. The van der Waals surface area contributed by atoms with Gasteiger partial charge in [-0.25, -0.2) is 0 Å². The monoisotopic (exact) mass is 259 g/mol. The maximum Gasteiger partial charge on any atom is 0.418 e. The van der Waals surface area contributed by atoms with E-state index in [4.69, 9.17) is 5.73 Å². The summed E-state index contributed by atoms with van der Waals surface area (Å²) < 4.78 is 38.1. The van der Waals surface area contributed by atoms with E-state index >= 15 is 0 Å². The molecule has 1 aromatic heterocycles. The van der Waals surface area contributed by atoms with Gasteiger partial charge >= 0.3 is 6.18 Å². The molecular formula is C11H12F3N3O. The van der Waals surface area contributed by atoms with Crippen LogP contribution in [-0.2, 0) is 17.5 Å². The Hall–Kier alpha value is -1.63. The summed E-state index contributed by atoms with van der Waals surface area (Å²) in [5.74, 6) is -0.675. The van der Waals surface area contributed by atoms with Crippen molar-refractivity contribution in [2.24, 2.45) is 11.7 Å². The van der Waals surface area contributed by atoms with Crippen molar-refractivity contribution in [3.63, 3.8) is 0 Å². The number of aromatic nitrogens is 1. The molecule has 0 unspecified atom stereocenters. The van der Waals surface area contributed by atoms with Gasteiger partial charge in [0.25, 0.3) is 0 Å². The highest BCUT2D eigenvalue weighted by atomic mass is 19.4. The van der Waals surface area contributed by atoms with Crippen molar-refractivity contribution in [1.82, 2.24) is 9.88 Å². The summed E-state index contributed by atoms with van der Waals surface area (Å²) in [6.45, 7) is 0.867. The first-order chi connectivity index (χ1) is 8.38. The lowest BCUT2D eigenvalue weighted by Gasteiger charge is -2.37. The normalized spacial score (nSPS) is 17.5. The van der Waals surface area contributed by atoms with Crippen LogP contribution in [0.5, 0.6) is 0 Å². The number of primary amides is 1. The van der Waals surface area contributed by atoms with E-state index in [9.17, 15) is 18.0 Å². The largest absolute Gasteiger partial charge is 0.418 e. The number of pyridine rings is 1. The van der Waals surface area contributed by atoms with Gasteiger partial charge in [-0.2, -0.15) is 13.2 Å². The Labute approximate surface area is 102 Å². The number of halogens is 3. The van der Waals surface area contributed by atoms with Crippen molar-refractivity contribution >= 4 is 5.91 Å². The average molecular weight is 259 g/mol. The molecule has 0 aromatic carbocycles. The third kappa shape index (κ3) is 2.61. The van der Waals surface area contributed by atoms with E-state index < -0.39 is 17.6 Å². The van der Waals surface area contributed by atoms with Gasteiger partial charge in [0.05, 0.1) is 17.2 Å². The van der Waals surface area contributed by atoms with Gasteiger partial charge in [0.15, 0.2) is 0 Å². The molecule has 0 atom stereocenters. The van der Waals surface area contributed by atoms with Crippen LogP contribution < -0.4 is 5.73 Å². The van der Waals surface area contributed by atoms with E-state index in [1.807, 2.05) is 0 Å². The second-order valence-electron chi connectivity index (χ2n) is 4.29. The van der Waals surface area contributed by atoms with Crippen molar-refractivity contribution < 1.29 is 18.0 Å². The molecule has 0 aliphatic carbocycles. The Morgan fingerprint density at radius 1 is 1.50 bits per heavy atom. The number of hydrogen-bond acceptors (Lipinski definition) is 3. The highest BCUT2D eigenvalue weighted by molar-refractivity contribution is 5.78. The first-order valence-corrected chi connectivity index (χ1v) is 5.40. The lowest BCUT2D eigenvalue weighted by atomic mass is 9.99. The first-order valence-electron chi connectivity index (χ1n) is 5.40. The van der Waals surface area contributed by atoms with Gasteiger partial charge in [-0.1, -0.05) is 0 Å². The summed E-state index contributed by atoms with van der Waals surface area (Å²) in [7, 11) is 0. The highest BCUT2D eigenvalue weighted by Gasteiger charge is 2.36. The molecule has 7 heteroatoms. The van der Waals surface area contributed by atoms with Crippen LogP contribution in [0, 0.1) is 5.92 Å². The minimum absolute atomic E-state index is 0.0204. The third-order valence-corrected chi connectivity index (χ3v) is 2.93. The predicted molar refractivity (Wildman–Crippen MR) is 57.2 cm³/mol. The molecule has 2 rings (SSSR count). The molecule has 1 amide bonds. The molecule has 2 heterocycles. The van der Waals surface area contributed by atoms with E-state index in [1.54, 1.807) is 4.90 Å². The lowest BCUT2D eigenvalue weighted by Crippen LogP contribution is -2.52. The number of amides is 1. The van der Waals surface area contributed by atoms with Crippen LogP contribution in [0.2, 0.25) is 0 Å². The number of alkyl halides is 3. The molecular weight excluding hydrogens is 247 g/mol. The summed E-state index contributed by atoms with van der Waals surface area (Å²) in [5, 5.41) is 0. The molecule has 0 spiro atoms. The van der Waals surface area contributed by atoms with Gasteiger partial charge in [0.2, 0.25) is 5.91 Å². The molecule has 98 valence electrons. The first kappa shape index (κ1) is 12.8. The molecule has 2 N–H and O–H groups in total. The number of carbonyl (C=O) groups is 1. The quantitative estimate of drug-likeness (QED) is 0.881. The Kier molecular flexibility index (Phi) is 3.25. The van der Waals surface area contributed by atoms with Gasteiger partial charge in [-0.15, -0.1) is 0 Å². The zero-order chi connectivity index (χ0) is 13.3. The van der Waals surface area contributed by atoms with Crippen LogP contribution in [0.3, 0.4) is 0 Å². The van der Waals surface area contributed by atoms with Gasteiger partial charge in [-0.05, 0) is 12.1 Å². The smallest absolute Gasteiger partial charge is 0.369 e. The minimum atomic E-state index is -4.41. The Bertz CT molecular complexity index is 455. The molecule has 4 nitrogen and oxygen atoms in total. The fourth-order valence-electron chi connectivity index (χ4n) is 1.91. The molecule has 0 radical (unpaired) electrons. The van der Waals surface area contributed by atoms with Crippen LogP contribution in [0.4, 0.5) is 13.2 Å². The summed E-state index contributed by atoms with van der Waals surface area (Å²) in [6, 6.07) is 2.27. The topological polar surface area (TPSA) is 59.2 Å². The predicted octanol–water partition coefficient (Wildman–Crippen LogP) is 1.02. The Morgan fingerprint density at radius 2 is 2.17 bits per heavy atom. The molecule has 18 heavy (non-hydrogen) atoms. The van der Waals surface area contributed by atoms with Gasteiger partial charge in [0, 0.05) is 25.8 Å². The number of nitrogens with two attached hydrogens (primary N) is 1. The van der Waals surface area contributed by atoms with Crippen molar-refractivity contribution in [2.45, 2.75) is 12.7 Å². The maximum absolute atomic E-state index is 12.7. The van der Waals surface area contributed by atoms with E-state index in [2.05, 4.69) is 4.98 Å². The molecule has 0 bridgehead atoms. The zero-order valence-corrected chi connectivity index (χ0v) is 9.44. The SMILES string of the molecule is NC(=O)C1CN(Cc2ncccc2C(F)(F)F)C1. The summed E-state index contributed by atoms with van der Waals surface area (Å²) in [4.78, 5) is 16.3. The van der Waals surface area contributed by atoms with Crippen LogP contribution in [0.25, 0.3) is 0 Å². The van der Waals surface area contributed by atoms with Crippen molar-refractivity contribution in [3.8, 4) is 0 Å².